The molecule has 4 rings (SSSR count). The van der Waals surface area contributed by atoms with Crippen LogP contribution in [-0.4, -0.2) is 11.7 Å². The number of hydrogen-bond donors (Lipinski definition) is 1. The summed E-state index contributed by atoms with van der Waals surface area (Å²) in [5, 5.41) is 7.57. The van der Waals surface area contributed by atoms with Crippen molar-refractivity contribution in [1.82, 2.24) is 0 Å². The topological polar surface area (TPSA) is 20.2 Å². The molecule has 0 aromatic heterocycles. The minimum absolute atomic E-state index is 0.250. The monoisotopic (exact) mass is 462 g/mol. The molecule has 1 heteroatoms. The van der Waals surface area contributed by atoms with E-state index in [1.807, 2.05) is 11.1 Å². The summed E-state index contributed by atoms with van der Waals surface area (Å²) in [6.07, 6.45) is 19.0. The van der Waals surface area contributed by atoms with Crippen LogP contribution in [0.5, 0.6) is 0 Å². The van der Waals surface area contributed by atoms with Crippen molar-refractivity contribution in [3.8, 4) is 0 Å². The fourth-order valence-electron chi connectivity index (χ4n) is 6.66. The molecule has 0 aliphatic heterocycles. The normalized spacial score (nSPS) is 29.9. The van der Waals surface area contributed by atoms with E-state index in [-0.39, 0.29) is 6.61 Å². The Morgan fingerprint density at radius 2 is 1.15 bits per heavy atom. The van der Waals surface area contributed by atoms with Crippen LogP contribution in [0.4, 0.5) is 0 Å². The SMILES string of the molecule is C1CC1.CC1CCC(C)CC1.CC1CCCC2=C1CCCC2C(C(C)C)C(C)(C)C.CCO. The van der Waals surface area contributed by atoms with Crippen molar-refractivity contribution in [2.75, 3.05) is 6.61 Å². The summed E-state index contributed by atoms with van der Waals surface area (Å²) in [7, 11) is 0. The first-order valence-electron chi connectivity index (χ1n) is 14.8. The van der Waals surface area contributed by atoms with E-state index in [1.165, 1.54) is 83.5 Å². The average Bonchev–Trinajstić information content (AvgIpc) is 3.60. The maximum Gasteiger partial charge on any atom is 0.0402 e. The summed E-state index contributed by atoms with van der Waals surface area (Å²) >= 11 is 0. The highest BCUT2D eigenvalue weighted by molar-refractivity contribution is 5.25. The molecule has 3 atom stereocenters. The van der Waals surface area contributed by atoms with Crippen LogP contribution in [0.2, 0.25) is 0 Å². The largest absolute Gasteiger partial charge is 0.397 e. The van der Waals surface area contributed by atoms with Gasteiger partial charge in [0.2, 0.25) is 0 Å². The number of rotatable bonds is 2. The van der Waals surface area contributed by atoms with E-state index in [9.17, 15) is 0 Å². The second kappa shape index (κ2) is 15.6. The average molecular weight is 463 g/mol. The maximum atomic E-state index is 7.57. The third-order valence-corrected chi connectivity index (χ3v) is 8.31. The second-order valence-corrected chi connectivity index (χ2v) is 13.2. The molecule has 0 bridgehead atoms. The van der Waals surface area contributed by atoms with Gasteiger partial charge in [0.1, 0.15) is 0 Å². The van der Waals surface area contributed by atoms with Crippen LogP contribution in [-0.2, 0) is 0 Å². The van der Waals surface area contributed by atoms with Crippen LogP contribution in [0, 0.1) is 40.9 Å². The Kier molecular flexibility index (Phi) is 14.6. The molecule has 0 aromatic carbocycles. The lowest BCUT2D eigenvalue weighted by Gasteiger charge is -2.46. The third-order valence-electron chi connectivity index (χ3n) is 8.31. The molecule has 1 nitrogen and oxygen atoms in total. The van der Waals surface area contributed by atoms with Crippen molar-refractivity contribution in [3.05, 3.63) is 11.1 Å². The maximum absolute atomic E-state index is 7.57. The van der Waals surface area contributed by atoms with E-state index in [4.69, 9.17) is 5.11 Å². The number of aliphatic hydroxyl groups is 1. The Balaban J connectivity index is 0.000000316. The van der Waals surface area contributed by atoms with Gasteiger partial charge in [0.25, 0.3) is 0 Å². The summed E-state index contributed by atoms with van der Waals surface area (Å²) in [4.78, 5) is 0. The minimum Gasteiger partial charge on any atom is -0.397 e. The molecule has 0 saturated heterocycles. The molecule has 4 aliphatic carbocycles. The standard InChI is InChI=1S/C19H34.C8H16.C3H6.C2H6O/c1-13(2)18(19(4,5)6)17-12-8-10-15-14(3)9-7-11-16(15)17;1-7-3-5-8(2)6-4-7;1-2-3-1;1-2-3/h13-14,17-18H,7-12H2,1-6H3;7-8H,3-6H2,1-2H3;1-3H2;3H,2H2,1H3. The van der Waals surface area contributed by atoms with Gasteiger partial charge < -0.3 is 5.11 Å². The highest BCUT2D eigenvalue weighted by atomic mass is 16.2. The van der Waals surface area contributed by atoms with Crippen molar-refractivity contribution in [1.29, 1.82) is 0 Å². The Labute approximate surface area is 209 Å². The van der Waals surface area contributed by atoms with Crippen LogP contribution < -0.4 is 0 Å². The van der Waals surface area contributed by atoms with Crippen molar-refractivity contribution in [2.24, 2.45) is 40.9 Å². The van der Waals surface area contributed by atoms with Crippen LogP contribution in [0.3, 0.4) is 0 Å². The van der Waals surface area contributed by atoms with Crippen LogP contribution >= 0.6 is 0 Å². The molecule has 196 valence electrons. The molecule has 0 amide bonds. The highest BCUT2D eigenvalue weighted by Crippen LogP contribution is 2.50. The molecule has 2 fully saturated rings. The molecule has 2 saturated carbocycles. The van der Waals surface area contributed by atoms with E-state index in [0.717, 1.165) is 35.5 Å². The van der Waals surface area contributed by atoms with E-state index in [1.54, 1.807) is 6.92 Å². The molecule has 3 unspecified atom stereocenters. The van der Waals surface area contributed by atoms with Crippen molar-refractivity contribution in [3.63, 3.8) is 0 Å². The van der Waals surface area contributed by atoms with E-state index < -0.39 is 0 Å². The van der Waals surface area contributed by atoms with Crippen LogP contribution in [0.25, 0.3) is 0 Å². The Bertz CT molecular complexity index is 514. The third kappa shape index (κ3) is 11.8. The number of allylic oxidation sites excluding steroid dienone is 2. The second-order valence-electron chi connectivity index (χ2n) is 13.2. The van der Waals surface area contributed by atoms with Gasteiger partial charge in [-0.15, -0.1) is 0 Å². The van der Waals surface area contributed by atoms with Gasteiger partial charge >= 0.3 is 0 Å². The van der Waals surface area contributed by atoms with Gasteiger partial charge in [-0.25, -0.2) is 0 Å². The quantitative estimate of drug-likeness (QED) is 0.404. The lowest BCUT2D eigenvalue weighted by atomic mass is 9.60. The van der Waals surface area contributed by atoms with Gasteiger partial charge in [-0.1, -0.05) is 111 Å². The van der Waals surface area contributed by atoms with Crippen molar-refractivity contribution >= 4 is 0 Å². The fourth-order valence-corrected chi connectivity index (χ4v) is 6.66. The van der Waals surface area contributed by atoms with Crippen molar-refractivity contribution in [2.45, 2.75) is 146 Å². The summed E-state index contributed by atoms with van der Waals surface area (Å²) in [5.74, 6) is 5.44. The van der Waals surface area contributed by atoms with Gasteiger partial charge in [0.15, 0.2) is 0 Å². The lowest BCUT2D eigenvalue weighted by Crippen LogP contribution is -2.36. The zero-order valence-corrected chi connectivity index (χ0v) is 24.3. The van der Waals surface area contributed by atoms with Crippen molar-refractivity contribution < 1.29 is 5.11 Å². The van der Waals surface area contributed by atoms with Crippen LogP contribution in [0.1, 0.15) is 146 Å². The van der Waals surface area contributed by atoms with E-state index >= 15 is 0 Å². The Morgan fingerprint density at radius 3 is 1.55 bits per heavy atom. The summed E-state index contributed by atoms with van der Waals surface area (Å²) in [6.45, 7) is 21.4. The summed E-state index contributed by atoms with van der Waals surface area (Å²) in [6, 6.07) is 0. The zero-order valence-electron chi connectivity index (χ0n) is 24.3. The molecular formula is C32H62O. The first-order valence-corrected chi connectivity index (χ1v) is 14.8. The Hall–Kier alpha value is -0.300. The fraction of sp³-hybridized carbons (Fsp3) is 0.938. The first kappa shape index (κ1) is 30.7. The van der Waals surface area contributed by atoms with Gasteiger partial charge in [-0.3, -0.25) is 0 Å². The lowest BCUT2D eigenvalue weighted by molar-refractivity contribution is 0.107. The number of hydrogen-bond acceptors (Lipinski definition) is 1. The van der Waals surface area contributed by atoms with E-state index in [0.29, 0.717) is 5.41 Å². The van der Waals surface area contributed by atoms with Gasteiger partial charge in [-0.2, -0.15) is 0 Å². The zero-order chi connectivity index (χ0) is 25.0. The molecule has 4 aliphatic rings. The van der Waals surface area contributed by atoms with Crippen LogP contribution in [0.15, 0.2) is 11.1 Å². The summed E-state index contributed by atoms with van der Waals surface area (Å²) < 4.78 is 0. The smallest absolute Gasteiger partial charge is 0.0402 e. The van der Waals surface area contributed by atoms with Gasteiger partial charge in [0.05, 0.1) is 0 Å². The number of aliphatic hydroxyl groups excluding tert-OH is 1. The predicted molar refractivity (Wildman–Crippen MR) is 149 cm³/mol. The van der Waals surface area contributed by atoms with Gasteiger partial charge in [0, 0.05) is 6.61 Å². The highest BCUT2D eigenvalue weighted by Gasteiger charge is 2.39. The summed E-state index contributed by atoms with van der Waals surface area (Å²) in [5.41, 5.74) is 4.21. The van der Waals surface area contributed by atoms with E-state index in [2.05, 4.69) is 55.4 Å². The molecule has 0 heterocycles. The molecule has 0 spiro atoms. The molecular weight excluding hydrogens is 400 g/mol. The Morgan fingerprint density at radius 1 is 0.727 bits per heavy atom. The molecule has 0 radical (unpaired) electrons. The molecule has 1 N–H and O–H groups in total. The predicted octanol–water partition coefficient (Wildman–Crippen LogP) is 10.2. The first-order chi connectivity index (χ1) is 15.5. The molecule has 33 heavy (non-hydrogen) atoms. The van der Waals surface area contributed by atoms with Gasteiger partial charge in [-0.05, 0) is 86.4 Å². The minimum atomic E-state index is 0.250. The molecule has 0 aromatic rings.